The zero-order valence-electron chi connectivity index (χ0n) is 4.95. The van der Waals surface area contributed by atoms with Gasteiger partial charge < -0.3 is 0 Å². The Balaban J connectivity index is 2.67. The molecule has 3 nitrogen and oxygen atoms in total. The van der Waals surface area contributed by atoms with Gasteiger partial charge in [0.2, 0.25) is 0 Å². The van der Waals surface area contributed by atoms with Gasteiger partial charge in [0.1, 0.15) is 10.0 Å². The predicted octanol–water partition coefficient (Wildman–Crippen LogP) is 1.30. The Bertz CT molecular complexity index is 295. The molecule has 0 fully saturated rings. The second-order valence-electron chi connectivity index (χ2n) is 1.85. The van der Waals surface area contributed by atoms with Crippen LogP contribution in [-0.2, 0) is 0 Å². The number of halogens is 1. The molecule has 49 valence electrons. The molecule has 4 heteroatoms. The molecule has 0 N–H and O–H groups in total. The Morgan fingerprint density at radius 3 is 3.00 bits per heavy atom. The van der Waals surface area contributed by atoms with Crippen LogP contribution in [0, 0.1) is 3.70 Å². The van der Waals surface area contributed by atoms with Crippen LogP contribution in [0.25, 0.3) is 6.08 Å². The summed E-state index contributed by atoms with van der Waals surface area (Å²) < 4.78 is 0.958. The second-order valence-corrected chi connectivity index (χ2v) is 2.87. The lowest BCUT2D eigenvalue weighted by atomic mass is 10.3. The molecule has 0 saturated carbocycles. The van der Waals surface area contributed by atoms with Crippen molar-refractivity contribution in [2.75, 3.05) is 0 Å². The molecule has 1 aromatic heterocycles. The van der Waals surface area contributed by atoms with Gasteiger partial charge in [-0.15, -0.1) is 0 Å². The van der Waals surface area contributed by atoms with Crippen LogP contribution in [0.1, 0.15) is 5.56 Å². The van der Waals surface area contributed by atoms with Gasteiger partial charge in [-0.1, -0.05) is 0 Å². The van der Waals surface area contributed by atoms with Gasteiger partial charge in [0, 0.05) is 6.20 Å². The first-order valence-corrected chi connectivity index (χ1v) is 3.84. The Kier molecular flexibility index (Phi) is 1.33. The topological polar surface area (TPSA) is 39.9 Å². The van der Waals surface area contributed by atoms with E-state index in [1.807, 2.05) is 6.08 Å². The summed E-state index contributed by atoms with van der Waals surface area (Å²) in [4.78, 5) is 7.99. The average molecular weight is 244 g/mol. The van der Waals surface area contributed by atoms with Gasteiger partial charge >= 0.3 is 0 Å². The normalized spacial score (nSPS) is 12.9. The minimum absolute atomic E-state index is 0.777. The molecule has 1 aromatic rings. The van der Waals surface area contributed by atoms with E-state index in [9.17, 15) is 0 Å². The minimum Gasteiger partial charge on any atom is -0.236 e. The lowest BCUT2D eigenvalue weighted by Gasteiger charge is -1.95. The molecule has 0 atom stereocenters. The molecule has 2 rings (SSSR count). The van der Waals surface area contributed by atoms with E-state index in [-0.39, 0.29) is 0 Å². The van der Waals surface area contributed by atoms with Crippen LogP contribution in [0.15, 0.2) is 12.5 Å². The molecule has 1 radical (unpaired) electrons. The van der Waals surface area contributed by atoms with Crippen LogP contribution in [0.4, 0.5) is 5.82 Å². The van der Waals surface area contributed by atoms with Crippen molar-refractivity contribution < 1.29 is 0 Å². The summed E-state index contributed by atoms with van der Waals surface area (Å²) in [6.45, 7) is 0. The molecule has 2 heterocycles. The SMILES string of the molecule is Ic1ncnc2c1C=C[N]2. The molecule has 0 bridgehead atoms. The maximum atomic E-state index is 4.02. The zero-order chi connectivity index (χ0) is 6.97. The maximum absolute atomic E-state index is 4.02. The molecule has 10 heavy (non-hydrogen) atoms. The lowest BCUT2D eigenvalue weighted by Crippen LogP contribution is -1.91. The standard InChI is InChI=1S/C6H3IN3/c7-5-4-1-2-8-6(4)10-3-9-5/h1-3H. The largest absolute Gasteiger partial charge is 0.236 e. The van der Waals surface area contributed by atoms with Gasteiger partial charge in [0.25, 0.3) is 0 Å². The molecule has 0 aliphatic carbocycles. The molecular formula is C6H3IN3. The predicted molar refractivity (Wildman–Crippen MR) is 45.6 cm³/mol. The third kappa shape index (κ3) is 0.792. The van der Waals surface area contributed by atoms with E-state index in [0.29, 0.717) is 0 Å². The summed E-state index contributed by atoms with van der Waals surface area (Å²) in [5.74, 6) is 0.777. The summed E-state index contributed by atoms with van der Waals surface area (Å²) in [6.07, 6.45) is 5.18. The molecule has 1 aliphatic rings. The number of nitrogens with zero attached hydrogens (tertiary/aromatic N) is 3. The van der Waals surface area contributed by atoms with Crippen LogP contribution >= 0.6 is 22.6 Å². The summed E-state index contributed by atoms with van der Waals surface area (Å²) in [5.41, 5.74) is 1.03. The maximum Gasteiger partial charge on any atom is 0.163 e. The third-order valence-electron chi connectivity index (χ3n) is 1.25. The highest BCUT2D eigenvalue weighted by Crippen LogP contribution is 2.22. The fraction of sp³-hybridized carbons (Fsp3) is 0. The fourth-order valence-corrected chi connectivity index (χ4v) is 1.34. The van der Waals surface area contributed by atoms with Crippen molar-refractivity contribution in [2.45, 2.75) is 0 Å². The van der Waals surface area contributed by atoms with E-state index in [4.69, 9.17) is 0 Å². The highest BCUT2D eigenvalue weighted by molar-refractivity contribution is 14.1. The van der Waals surface area contributed by atoms with Crippen molar-refractivity contribution in [3.8, 4) is 0 Å². The third-order valence-corrected chi connectivity index (χ3v) is 2.11. The van der Waals surface area contributed by atoms with E-state index in [0.717, 1.165) is 15.1 Å². The first-order chi connectivity index (χ1) is 4.88. The molecule has 0 amide bonds. The van der Waals surface area contributed by atoms with Crippen LogP contribution < -0.4 is 5.32 Å². The first kappa shape index (κ1) is 6.09. The van der Waals surface area contributed by atoms with Gasteiger partial charge in [-0.05, 0) is 28.7 Å². The van der Waals surface area contributed by atoms with Gasteiger partial charge in [-0.25, -0.2) is 15.3 Å². The molecule has 0 aromatic carbocycles. The summed E-state index contributed by atoms with van der Waals surface area (Å²) >= 11 is 2.16. The molecule has 0 spiro atoms. The van der Waals surface area contributed by atoms with E-state index >= 15 is 0 Å². The van der Waals surface area contributed by atoms with E-state index in [1.54, 1.807) is 6.20 Å². The van der Waals surface area contributed by atoms with Crippen LogP contribution in [0.3, 0.4) is 0 Å². The smallest absolute Gasteiger partial charge is 0.163 e. The molecular weight excluding hydrogens is 241 g/mol. The Morgan fingerprint density at radius 1 is 1.30 bits per heavy atom. The molecule has 0 unspecified atom stereocenters. The first-order valence-electron chi connectivity index (χ1n) is 2.76. The number of hydrogen-bond donors (Lipinski definition) is 0. The van der Waals surface area contributed by atoms with Crippen molar-refractivity contribution in [3.63, 3.8) is 0 Å². The Labute approximate surface area is 71.7 Å². The minimum atomic E-state index is 0.777. The number of fused-ring (bicyclic) bond motifs is 1. The summed E-state index contributed by atoms with van der Waals surface area (Å²) in [5, 5.41) is 4.02. The van der Waals surface area contributed by atoms with E-state index in [1.165, 1.54) is 6.33 Å². The number of aromatic nitrogens is 2. The monoisotopic (exact) mass is 244 g/mol. The number of rotatable bonds is 0. The van der Waals surface area contributed by atoms with Gasteiger partial charge in [0.15, 0.2) is 5.82 Å². The van der Waals surface area contributed by atoms with Gasteiger partial charge in [-0.3, -0.25) is 0 Å². The summed E-state index contributed by atoms with van der Waals surface area (Å²) in [7, 11) is 0. The highest BCUT2D eigenvalue weighted by atomic mass is 127. The Hall–Kier alpha value is -0.650. The Morgan fingerprint density at radius 2 is 2.20 bits per heavy atom. The van der Waals surface area contributed by atoms with Gasteiger partial charge in [0.05, 0.1) is 5.56 Å². The van der Waals surface area contributed by atoms with Crippen molar-refractivity contribution in [3.05, 3.63) is 21.8 Å². The van der Waals surface area contributed by atoms with Crippen molar-refractivity contribution in [1.82, 2.24) is 15.3 Å². The highest BCUT2D eigenvalue weighted by Gasteiger charge is 2.10. The van der Waals surface area contributed by atoms with Crippen LogP contribution in [0.5, 0.6) is 0 Å². The average Bonchev–Trinajstić information content (AvgIpc) is 2.36. The van der Waals surface area contributed by atoms with Crippen molar-refractivity contribution in [1.29, 1.82) is 0 Å². The second kappa shape index (κ2) is 2.19. The summed E-state index contributed by atoms with van der Waals surface area (Å²) in [6, 6.07) is 0. The van der Waals surface area contributed by atoms with Crippen molar-refractivity contribution in [2.24, 2.45) is 0 Å². The quantitative estimate of drug-likeness (QED) is 0.509. The van der Waals surface area contributed by atoms with Crippen LogP contribution in [0.2, 0.25) is 0 Å². The van der Waals surface area contributed by atoms with Gasteiger partial charge in [-0.2, -0.15) is 0 Å². The number of hydrogen-bond acceptors (Lipinski definition) is 2. The van der Waals surface area contributed by atoms with E-state index < -0.39 is 0 Å². The van der Waals surface area contributed by atoms with Crippen molar-refractivity contribution >= 4 is 34.5 Å². The molecule has 0 saturated heterocycles. The van der Waals surface area contributed by atoms with Crippen LogP contribution in [-0.4, -0.2) is 9.97 Å². The lowest BCUT2D eigenvalue weighted by molar-refractivity contribution is 1.05. The fourth-order valence-electron chi connectivity index (χ4n) is 0.794. The molecule has 1 aliphatic heterocycles. The van der Waals surface area contributed by atoms with E-state index in [2.05, 4.69) is 37.9 Å². The zero-order valence-corrected chi connectivity index (χ0v) is 7.11.